The Hall–Kier alpha value is -1.14. The Morgan fingerprint density at radius 3 is 2.42 bits per heavy atom. The molecule has 0 saturated carbocycles. The fourth-order valence-corrected chi connectivity index (χ4v) is 2.89. The molecule has 0 aliphatic rings. The van der Waals surface area contributed by atoms with Gasteiger partial charge in [0.1, 0.15) is 5.75 Å². The minimum absolute atomic E-state index is 0.201. The third-order valence-corrected chi connectivity index (χ3v) is 4.24. The number of nitrogens with one attached hydrogen (secondary N) is 1. The second-order valence-corrected chi connectivity index (χ2v) is 7.34. The van der Waals surface area contributed by atoms with Crippen molar-refractivity contribution in [2.75, 3.05) is 19.7 Å². The second kappa shape index (κ2) is 10.7. The molecule has 24 heavy (non-hydrogen) atoms. The Morgan fingerprint density at radius 2 is 1.92 bits per heavy atom. The standard InChI is InChI=1S/C18H27BrN2O2S/c1-5-9-21(10-6-2)18(24)20-17(22)14-7-8-16(15(19)11-14)23-12-13(3)4/h7-8,11,13H,5-6,9-10,12H2,1-4H3,(H,20,22,24). The summed E-state index contributed by atoms with van der Waals surface area (Å²) in [5.74, 6) is 0.982. The van der Waals surface area contributed by atoms with Gasteiger partial charge >= 0.3 is 0 Å². The van der Waals surface area contributed by atoms with E-state index < -0.39 is 0 Å². The molecule has 6 heteroatoms. The summed E-state index contributed by atoms with van der Waals surface area (Å²) in [4.78, 5) is 14.4. The molecule has 0 fully saturated rings. The molecule has 0 unspecified atom stereocenters. The third-order valence-electron chi connectivity index (χ3n) is 3.26. The van der Waals surface area contributed by atoms with E-state index in [1.54, 1.807) is 18.2 Å². The molecule has 1 N–H and O–H groups in total. The number of ether oxygens (including phenoxy) is 1. The summed E-state index contributed by atoms with van der Waals surface area (Å²) < 4.78 is 6.47. The number of thiocarbonyl (C=S) groups is 1. The van der Waals surface area contributed by atoms with Crippen molar-refractivity contribution < 1.29 is 9.53 Å². The average Bonchev–Trinajstić information content (AvgIpc) is 2.53. The third kappa shape index (κ3) is 6.77. The monoisotopic (exact) mass is 414 g/mol. The van der Waals surface area contributed by atoms with Crippen LogP contribution < -0.4 is 10.1 Å². The topological polar surface area (TPSA) is 41.6 Å². The number of hydrogen-bond acceptors (Lipinski definition) is 3. The summed E-state index contributed by atoms with van der Waals surface area (Å²) >= 11 is 8.83. The van der Waals surface area contributed by atoms with Crippen molar-refractivity contribution >= 4 is 39.2 Å². The fraction of sp³-hybridized carbons (Fsp3) is 0.556. The van der Waals surface area contributed by atoms with E-state index in [0.717, 1.165) is 36.2 Å². The summed E-state index contributed by atoms with van der Waals surface area (Å²) in [5.41, 5.74) is 0.550. The van der Waals surface area contributed by atoms with Gasteiger partial charge in [-0.15, -0.1) is 0 Å². The highest BCUT2D eigenvalue weighted by Gasteiger charge is 2.14. The van der Waals surface area contributed by atoms with Crippen molar-refractivity contribution in [1.29, 1.82) is 0 Å². The highest BCUT2D eigenvalue weighted by Crippen LogP contribution is 2.26. The van der Waals surface area contributed by atoms with E-state index in [-0.39, 0.29) is 5.91 Å². The minimum atomic E-state index is -0.201. The number of halogens is 1. The summed E-state index contributed by atoms with van der Waals surface area (Å²) in [7, 11) is 0. The highest BCUT2D eigenvalue weighted by molar-refractivity contribution is 9.10. The van der Waals surface area contributed by atoms with Gasteiger partial charge in [0.05, 0.1) is 11.1 Å². The van der Waals surface area contributed by atoms with E-state index in [9.17, 15) is 4.79 Å². The van der Waals surface area contributed by atoms with Gasteiger partial charge in [-0.3, -0.25) is 10.1 Å². The number of hydrogen-bond donors (Lipinski definition) is 1. The van der Waals surface area contributed by atoms with E-state index in [1.807, 2.05) is 4.90 Å². The molecule has 0 aliphatic heterocycles. The normalized spacial score (nSPS) is 10.6. The van der Waals surface area contributed by atoms with Crippen molar-refractivity contribution in [3.63, 3.8) is 0 Å². The van der Waals surface area contributed by atoms with Crippen LogP contribution in [0.2, 0.25) is 0 Å². The van der Waals surface area contributed by atoms with Gasteiger partial charge in [-0.1, -0.05) is 27.7 Å². The molecule has 0 bridgehead atoms. The van der Waals surface area contributed by atoms with Crippen LogP contribution in [0.5, 0.6) is 5.75 Å². The Morgan fingerprint density at radius 1 is 1.29 bits per heavy atom. The smallest absolute Gasteiger partial charge is 0.257 e. The van der Waals surface area contributed by atoms with Gasteiger partial charge in [0.25, 0.3) is 5.91 Å². The van der Waals surface area contributed by atoms with Gasteiger partial charge in [-0.25, -0.2) is 0 Å². The number of rotatable bonds is 8. The van der Waals surface area contributed by atoms with Crippen molar-refractivity contribution in [2.45, 2.75) is 40.5 Å². The first-order valence-corrected chi connectivity index (χ1v) is 9.61. The van der Waals surface area contributed by atoms with Gasteiger partial charge in [-0.2, -0.15) is 0 Å². The fourth-order valence-electron chi connectivity index (χ4n) is 2.12. The number of carbonyl (C=O) groups excluding carboxylic acids is 1. The molecule has 134 valence electrons. The van der Waals surface area contributed by atoms with E-state index in [0.29, 0.717) is 23.2 Å². The first-order valence-electron chi connectivity index (χ1n) is 8.41. The maximum absolute atomic E-state index is 12.4. The molecule has 0 aliphatic carbocycles. The zero-order valence-electron chi connectivity index (χ0n) is 14.9. The van der Waals surface area contributed by atoms with Crippen LogP contribution in [0.15, 0.2) is 22.7 Å². The molecule has 1 aromatic carbocycles. The lowest BCUT2D eigenvalue weighted by Gasteiger charge is -2.24. The predicted octanol–water partition coefficient (Wildman–Crippen LogP) is 4.62. The molecule has 1 rings (SSSR count). The van der Waals surface area contributed by atoms with E-state index >= 15 is 0 Å². The maximum Gasteiger partial charge on any atom is 0.257 e. The average molecular weight is 415 g/mol. The van der Waals surface area contributed by atoms with Crippen LogP contribution in [0.1, 0.15) is 50.9 Å². The van der Waals surface area contributed by atoms with Gasteiger partial charge in [-0.05, 0) is 65.1 Å². The summed E-state index contributed by atoms with van der Waals surface area (Å²) in [6, 6.07) is 5.32. The molecule has 0 radical (unpaired) electrons. The molecule has 0 heterocycles. The lowest BCUT2D eigenvalue weighted by atomic mass is 10.2. The van der Waals surface area contributed by atoms with Gasteiger partial charge < -0.3 is 9.64 Å². The van der Waals surface area contributed by atoms with Gasteiger partial charge in [0.2, 0.25) is 0 Å². The van der Waals surface area contributed by atoms with Crippen molar-refractivity contribution in [1.82, 2.24) is 10.2 Å². The second-order valence-electron chi connectivity index (χ2n) is 6.10. The van der Waals surface area contributed by atoms with Crippen molar-refractivity contribution in [3.8, 4) is 5.75 Å². The van der Waals surface area contributed by atoms with Crippen molar-refractivity contribution in [3.05, 3.63) is 28.2 Å². The van der Waals surface area contributed by atoms with Gasteiger partial charge in [0, 0.05) is 18.7 Å². The molecule has 0 aromatic heterocycles. The van der Waals surface area contributed by atoms with Crippen LogP contribution in [-0.2, 0) is 0 Å². The Labute approximate surface area is 159 Å². The number of benzene rings is 1. The molecule has 4 nitrogen and oxygen atoms in total. The zero-order valence-corrected chi connectivity index (χ0v) is 17.3. The molecule has 0 atom stereocenters. The van der Waals surface area contributed by atoms with Crippen LogP contribution in [0.3, 0.4) is 0 Å². The molecular weight excluding hydrogens is 388 g/mol. The number of carbonyl (C=O) groups is 1. The van der Waals surface area contributed by atoms with Crippen LogP contribution in [0.25, 0.3) is 0 Å². The SMILES string of the molecule is CCCN(CCC)C(=S)NC(=O)c1ccc(OCC(C)C)c(Br)c1. The largest absolute Gasteiger partial charge is 0.492 e. The van der Waals surface area contributed by atoms with E-state index in [2.05, 4.69) is 48.9 Å². The summed E-state index contributed by atoms with van der Waals surface area (Å²) in [5, 5.41) is 3.31. The molecule has 1 amide bonds. The zero-order chi connectivity index (χ0) is 18.1. The highest BCUT2D eigenvalue weighted by atomic mass is 79.9. The summed E-state index contributed by atoms with van der Waals surface area (Å²) in [6.45, 7) is 10.7. The quantitative estimate of drug-likeness (QED) is 0.629. The Bertz CT molecular complexity index is 558. The Kier molecular flexibility index (Phi) is 9.29. The van der Waals surface area contributed by atoms with Crippen LogP contribution in [0.4, 0.5) is 0 Å². The van der Waals surface area contributed by atoms with Crippen molar-refractivity contribution in [2.24, 2.45) is 5.92 Å². The molecule has 0 saturated heterocycles. The summed E-state index contributed by atoms with van der Waals surface area (Å²) in [6.07, 6.45) is 1.98. The first kappa shape index (κ1) is 20.9. The maximum atomic E-state index is 12.4. The van der Waals surface area contributed by atoms with Crippen LogP contribution >= 0.6 is 28.1 Å². The van der Waals surface area contributed by atoms with E-state index in [4.69, 9.17) is 17.0 Å². The molecular formula is C18H27BrN2O2S. The Balaban J connectivity index is 2.73. The molecule has 0 spiro atoms. The first-order chi connectivity index (χ1) is 11.4. The van der Waals surface area contributed by atoms with E-state index in [1.165, 1.54) is 0 Å². The predicted molar refractivity (Wildman–Crippen MR) is 107 cm³/mol. The lowest BCUT2D eigenvalue weighted by molar-refractivity contribution is 0.0973. The molecule has 1 aromatic rings. The lowest BCUT2D eigenvalue weighted by Crippen LogP contribution is -2.43. The minimum Gasteiger partial charge on any atom is -0.492 e. The van der Waals surface area contributed by atoms with Crippen LogP contribution in [0, 0.1) is 5.92 Å². The number of amides is 1. The van der Waals surface area contributed by atoms with Crippen LogP contribution in [-0.4, -0.2) is 35.6 Å². The number of nitrogens with zero attached hydrogens (tertiary/aromatic N) is 1. The van der Waals surface area contributed by atoms with Gasteiger partial charge in [0.15, 0.2) is 5.11 Å².